The molecule has 1 atom stereocenters. The third kappa shape index (κ3) is 4.27. The van der Waals surface area contributed by atoms with Crippen molar-refractivity contribution in [3.63, 3.8) is 0 Å². The molecule has 0 saturated carbocycles. The van der Waals surface area contributed by atoms with Crippen molar-refractivity contribution in [3.8, 4) is 0 Å². The Bertz CT molecular complexity index is 706. The van der Waals surface area contributed by atoms with Gasteiger partial charge in [-0.1, -0.05) is 23.7 Å². The van der Waals surface area contributed by atoms with E-state index in [9.17, 15) is 9.00 Å². The monoisotopic (exact) mass is 323 g/mol. The van der Waals surface area contributed by atoms with E-state index in [2.05, 4.69) is 10.3 Å². The number of nitrogens with one attached hydrogen (secondary N) is 1. The van der Waals surface area contributed by atoms with Gasteiger partial charge in [-0.15, -0.1) is 0 Å². The Morgan fingerprint density at radius 1 is 1.43 bits per heavy atom. The first kappa shape index (κ1) is 15.5. The summed E-state index contributed by atoms with van der Waals surface area (Å²) in [5, 5.41) is 3.36. The number of pyridine rings is 1. The largest absolute Gasteiger partial charge is 0.366 e. The average Bonchev–Trinajstić information content (AvgIpc) is 2.40. The minimum absolute atomic E-state index is 0.251. The van der Waals surface area contributed by atoms with E-state index in [4.69, 9.17) is 17.3 Å². The molecule has 2 aromatic rings. The van der Waals surface area contributed by atoms with E-state index in [-0.39, 0.29) is 5.56 Å². The highest BCUT2D eigenvalue weighted by atomic mass is 35.5. The van der Waals surface area contributed by atoms with Crippen LogP contribution in [0.4, 0.5) is 11.5 Å². The fourth-order valence-electron chi connectivity index (χ4n) is 1.77. The van der Waals surface area contributed by atoms with Crippen molar-refractivity contribution in [3.05, 3.63) is 52.7 Å². The molecule has 0 aliphatic heterocycles. The summed E-state index contributed by atoms with van der Waals surface area (Å²) in [5.41, 5.74) is 7.14. The molecular formula is C14H14ClN3O2S. The number of hydrogen-bond donors (Lipinski definition) is 2. The molecule has 110 valence electrons. The van der Waals surface area contributed by atoms with Crippen molar-refractivity contribution in [2.45, 2.75) is 5.75 Å². The second kappa shape index (κ2) is 6.69. The van der Waals surface area contributed by atoms with Crippen LogP contribution in [0.15, 0.2) is 36.5 Å². The molecule has 0 aliphatic carbocycles. The molecule has 5 nitrogen and oxygen atoms in total. The predicted molar refractivity (Wildman–Crippen MR) is 85.3 cm³/mol. The number of aromatic nitrogens is 1. The van der Waals surface area contributed by atoms with Crippen molar-refractivity contribution < 1.29 is 9.00 Å². The maximum atomic E-state index is 11.3. The van der Waals surface area contributed by atoms with Gasteiger partial charge < -0.3 is 11.1 Å². The van der Waals surface area contributed by atoms with Crippen molar-refractivity contribution in [2.75, 3.05) is 11.6 Å². The molecule has 1 amide bonds. The summed E-state index contributed by atoms with van der Waals surface area (Å²) in [7, 11) is -0.905. The molecule has 3 N–H and O–H groups in total. The Morgan fingerprint density at radius 3 is 2.81 bits per heavy atom. The van der Waals surface area contributed by atoms with Crippen molar-refractivity contribution in [1.29, 1.82) is 0 Å². The van der Waals surface area contributed by atoms with Gasteiger partial charge in [0.15, 0.2) is 0 Å². The number of rotatable bonds is 5. The molecule has 1 unspecified atom stereocenters. The number of nitrogens with two attached hydrogens (primary N) is 1. The van der Waals surface area contributed by atoms with Gasteiger partial charge in [-0.3, -0.25) is 9.00 Å². The fraction of sp³-hybridized carbons (Fsp3) is 0.143. The molecule has 0 spiro atoms. The number of carbonyl (C=O) groups is 1. The van der Waals surface area contributed by atoms with E-state index in [1.165, 1.54) is 12.3 Å². The normalized spacial score (nSPS) is 11.9. The molecular weight excluding hydrogens is 310 g/mol. The highest BCUT2D eigenvalue weighted by Gasteiger charge is 2.08. The molecule has 1 aromatic carbocycles. The first-order valence-electron chi connectivity index (χ1n) is 6.07. The third-order valence-corrected chi connectivity index (χ3v) is 3.71. The van der Waals surface area contributed by atoms with Gasteiger partial charge in [0.2, 0.25) is 5.91 Å². The molecule has 0 fully saturated rings. The number of amides is 1. The van der Waals surface area contributed by atoms with Crippen LogP contribution in [-0.2, 0) is 16.6 Å². The SMILES string of the molecule is CS(=O)Cc1cccc(Nc2ncc(C(N)=O)cc2Cl)c1. The topological polar surface area (TPSA) is 85.1 Å². The quantitative estimate of drug-likeness (QED) is 0.885. The second-order valence-electron chi connectivity index (χ2n) is 4.46. The average molecular weight is 324 g/mol. The number of nitrogens with zero attached hydrogens (tertiary/aromatic N) is 1. The van der Waals surface area contributed by atoms with E-state index >= 15 is 0 Å². The summed E-state index contributed by atoms with van der Waals surface area (Å²) in [6.45, 7) is 0. The van der Waals surface area contributed by atoms with Crippen LogP contribution in [0.25, 0.3) is 0 Å². The zero-order chi connectivity index (χ0) is 15.4. The van der Waals surface area contributed by atoms with E-state index in [1.54, 1.807) is 6.26 Å². The zero-order valence-electron chi connectivity index (χ0n) is 11.3. The standard InChI is InChI=1S/C14H14ClN3O2S/c1-21(20)8-9-3-2-4-11(5-9)18-14-12(15)6-10(7-17-14)13(16)19/h2-7H,8H2,1H3,(H2,16,19)(H,17,18). The van der Waals surface area contributed by atoms with Gasteiger partial charge in [-0.25, -0.2) is 4.98 Å². The van der Waals surface area contributed by atoms with Crippen LogP contribution in [0, 0.1) is 0 Å². The van der Waals surface area contributed by atoms with Crippen LogP contribution in [0.1, 0.15) is 15.9 Å². The first-order valence-corrected chi connectivity index (χ1v) is 8.17. The van der Waals surface area contributed by atoms with Crippen molar-refractivity contribution >= 4 is 39.8 Å². The minimum Gasteiger partial charge on any atom is -0.366 e. The molecule has 2 rings (SSSR count). The second-order valence-corrected chi connectivity index (χ2v) is 6.30. The summed E-state index contributed by atoms with van der Waals surface area (Å²) in [6, 6.07) is 8.95. The summed E-state index contributed by atoms with van der Waals surface area (Å²) >= 11 is 6.07. The molecule has 21 heavy (non-hydrogen) atoms. The van der Waals surface area contributed by atoms with Crippen LogP contribution in [0.2, 0.25) is 5.02 Å². The summed E-state index contributed by atoms with van der Waals surface area (Å²) in [6.07, 6.45) is 3.02. The smallest absolute Gasteiger partial charge is 0.250 e. The van der Waals surface area contributed by atoms with Crippen LogP contribution >= 0.6 is 11.6 Å². The highest BCUT2D eigenvalue weighted by molar-refractivity contribution is 7.83. The van der Waals surface area contributed by atoms with E-state index in [0.717, 1.165) is 11.3 Å². The van der Waals surface area contributed by atoms with Gasteiger partial charge in [-0.05, 0) is 23.8 Å². The fourth-order valence-corrected chi connectivity index (χ4v) is 2.64. The van der Waals surface area contributed by atoms with Crippen molar-refractivity contribution in [2.24, 2.45) is 5.73 Å². The minimum atomic E-state index is -0.905. The maximum absolute atomic E-state index is 11.3. The lowest BCUT2D eigenvalue weighted by Crippen LogP contribution is -2.11. The van der Waals surface area contributed by atoms with Gasteiger partial charge in [0.1, 0.15) is 5.82 Å². The lowest BCUT2D eigenvalue weighted by Gasteiger charge is -2.09. The highest BCUT2D eigenvalue weighted by Crippen LogP contribution is 2.24. The Morgan fingerprint density at radius 2 is 2.19 bits per heavy atom. The Kier molecular flexibility index (Phi) is 4.93. The first-order chi connectivity index (χ1) is 9.95. The van der Waals surface area contributed by atoms with E-state index in [0.29, 0.717) is 16.6 Å². The molecule has 0 bridgehead atoms. The van der Waals surface area contributed by atoms with Crippen LogP contribution in [0.3, 0.4) is 0 Å². The molecule has 1 heterocycles. The van der Waals surface area contributed by atoms with Crippen LogP contribution < -0.4 is 11.1 Å². The summed E-state index contributed by atoms with van der Waals surface area (Å²) in [5.74, 6) is 0.330. The number of primary amides is 1. The number of benzene rings is 1. The van der Waals surface area contributed by atoms with Gasteiger partial charge in [-0.2, -0.15) is 0 Å². The van der Waals surface area contributed by atoms with E-state index < -0.39 is 16.7 Å². The summed E-state index contributed by atoms with van der Waals surface area (Å²) < 4.78 is 11.3. The van der Waals surface area contributed by atoms with Gasteiger partial charge in [0.25, 0.3) is 0 Å². The Labute approximate surface area is 130 Å². The Balaban J connectivity index is 2.22. The lowest BCUT2D eigenvalue weighted by molar-refractivity contribution is 0.1000. The lowest BCUT2D eigenvalue weighted by atomic mass is 10.2. The number of anilines is 2. The summed E-state index contributed by atoms with van der Waals surface area (Å²) in [4.78, 5) is 15.1. The molecule has 0 aliphatic rings. The predicted octanol–water partition coefficient (Wildman–Crippen LogP) is 2.46. The van der Waals surface area contributed by atoms with Gasteiger partial charge in [0.05, 0.1) is 10.6 Å². The van der Waals surface area contributed by atoms with Gasteiger partial charge >= 0.3 is 0 Å². The molecule has 1 aromatic heterocycles. The van der Waals surface area contributed by atoms with Crippen LogP contribution in [-0.4, -0.2) is 21.4 Å². The number of halogens is 1. The van der Waals surface area contributed by atoms with Crippen LogP contribution in [0.5, 0.6) is 0 Å². The molecule has 0 saturated heterocycles. The molecule has 0 radical (unpaired) electrons. The molecule has 7 heteroatoms. The van der Waals surface area contributed by atoms with E-state index in [1.807, 2.05) is 24.3 Å². The zero-order valence-corrected chi connectivity index (χ0v) is 12.9. The van der Waals surface area contributed by atoms with Gasteiger partial charge in [0, 0.05) is 34.7 Å². The number of hydrogen-bond acceptors (Lipinski definition) is 4. The van der Waals surface area contributed by atoms with Crippen molar-refractivity contribution in [1.82, 2.24) is 4.98 Å². The Hall–Kier alpha value is -1.92. The third-order valence-electron chi connectivity index (χ3n) is 2.69. The number of carbonyl (C=O) groups excluding carboxylic acids is 1. The maximum Gasteiger partial charge on any atom is 0.250 e.